The highest BCUT2D eigenvalue weighted by Gasteiger charge is 1.91. The molecule has 0 saturated carbocycles. The predicted molar refractivity (Wildman–Crippen MR) is 70.1 cm³/mol. The van der Waals surface area contributed by atoms with Crippen molar-refractivity contribution in [2.24, 2.45) is 0 Å². The highest BCUT2D eigenvalue weighted by Crippen LogP contribution is 2.08. The molecule has 1 nitrogen and oxygen atoms in total. The van der Waals surface area contributed by atoms with Crippen molar-refractivity contribution in [3.05, 3.63) is 6.92 Å². The molecule has 91 valence electrons. The first kappa shape index (κ1) is 15.0. The molecule has 1 radical (unpaired) electrons. The summed E-state index contributed by atoms with van der Waals surface area (Å²) in [7, 11) is 0. The molecule has 0 saturated heterocycles. The van der Waals surface area contributed by atoms with Crippen LogP contribution in [0, 0.1) is 6.92 Å². The van der Waals surface area contributed by atoms with Crippen molar-refractivity contribution in [2.75, 3.05) is 13.1 Å². The molecule has 0 amide bonds. The summed E-state index contributed by atoms with van der Waals surface area (Å²) >= 11 is 0. The average Bonchev–Trinajstić information content (AvgIpc) is 2.26. The fourth-order valence-corrected chi connectivity index (χ4v) is 1.81. The minimum Gasteiger partial charge on any atom is -0.317 e. The van der Waals surface area contributed by atoms with Gasteiger partial charge in [0, 0.05) is 0 Å². The van der Waals surface area contributed by atoms with E-state index in [1.54, 1.807) is 0 Å². The van der Waals surface area contributed by atoms with Gasteiger partial charge in [-0.1, -0.05) is 65.2 Å². The van der Waals surface area contributed by atoms with Crippen LogP contribution in [0.2, 0.25) is 0 Å². The van der Waals surface area contributed by atoms with Crippen LogP contribution in [0.4, 0.5) is 0 Å². The fraction of sp³-hybridized carbons (Fsp3) is 0.929. The van der Waals surface area contributed by atoms with Gasteiger partial charge in [0.05, 0.1) is 0 Å². The molecule has 15 heavy (non-hydrogen) atoms. The zero-order valence-corrected chi connectivity index (χ0v) is 10.7. The monoisotopic (exact) mass is 212 g/mol. The standard InChI is InChI=1S/C14H30N/c1-3-5-6-7-8-9-10-11-12-14-15-13-4-2/h15H,2-14H2,1H3. The number of hydrogen-bond acceptors (Lipinski definition) is 1. The van der Waals surface area contributed by atoms with E-state index in [1.165, 1.54) is 64.3 Å². The first-order chi connectivity index (χ1) is 7.41. The third kappa shape index (κ3) is 14.0. The summed E-state index contributed by atoms with van der Waals surface area (Å²) in [6.07, 6.45) is 13.8. The van der Waals surface area contributed by atoms with Gasteiger partial charge in [0.1, 0.15) is 0 Å². The second kappa shape index (κ2) is 14.0. The van der Waals surface area contributed by atoms with E-state index < -0.39 is 0 Å². The van der Waals surface area contributed by atoms with Crippen molar-refractivity contribution in [1.82, 2.24) is 5.32 Å². The Balaban J connectivity index is 2.81. The van der Waals surface area contributed by atoms with E-state index in [0.717, 1.165) is 13.0 Å². The Bertz CT molecular complexity index is 89.5. The highest BCUT2D eigenvalue weighted by atomic mass is 14.8. The van der Waals surface area contributed by atoms with Crippen LogP contribution >= 0.6 is 0 Å². The smallest absolute Gasteiger partial charge is 0.00489 e. The third-order valence-electron chi connectivity index (χ3n) is 2.81. The SMILES string of the molecule is [CH2]CCNCCCCCCCCCCC. The molecule has 0 bridgehead atoms. The van der Waals surface area contributed by atoms with E-state index in [0.29, 0.717) is 0 Å². The fourth-order valence-electron chi connectivity index (χ4n) is 1.81. The van der Waals surface area contributed by atoms with Gasteiger partial charge in [-0.25, -0.2) is 0 Å². The molecule has 0 spiro atoms. The van der Waals surface area contributed by atoms with E-state index in [2.05, 4.69) is 19.2 Å². The quantitative estimate of drug-likeness (QED) is 0.475. The maximum atomic E-state index is 3.81. The van der Waals surface area contributed by atoms with Crippen LogP contribution in [0.15, 0.2) is 0 Å². The van der Waals surface area contributed by atoms with Gasteiger partial charge >= 0.3 is 0 Å². The van der Waals surface area contributed by atoms with Crippen molar-refractivity contribution >= 4 is 0 Å². The molecule has 0 aliphatic rings. The van der Waals surface area contributed by atoms with Crippen molar-refractivity contribution < 1.29 is 0 Å². The molecule has 0 fully saturated rings. The molecule has 0 aliphatic carbocycles. The van der Waals surface area contributed by atoms with E-state index in [1.807, 2.05) is 0 Å². The highest BCUT2D eigenvalue weighted by molar-refractivity contribution is 4.51. The minimum atomic E-state index is 1.01. The summed E-state index contributed by atoms with van der Waals surface area (Å²) in [6, 6.07) is 0. The molecule has 1 heteroatoms. The Labute approximate surface area is 97.0 Å². The first-order valence-corrected chi connectivity index (χ1v) is 6.91. The lowest BCUT2D eigenvalue weighted by Gasteiger charge is -2.03. The van der Waals surface area contributed by atoms with Crippen LogP contribution in [0.3, 0.4) is 0 Å². The van der Waals surface area contributed by atoms with Gasteiger partial charge in [0.15, 0.2) is 0 Å². The van der Waals surface area contributed by atoms with Crippen LogP contribution in [0.25, 0.3) is 0 Å². The largest absolute Gasteiger partial charge is 0.317 e. The number of hydrogen-bond donors (Lipinski definition) is 1. The molecule has 0 aromatic rings. The van der Waals surface area contributed by atoms with Crippen molar-refractivity contribution in [1.29, 1.82) is 0 Å². The van der Waals surface area contributed by atoms with Gasteiger partial charge in [-0.05, 0) is 25.9 Å². The average molecular weight is 212 g/mol. The van der Waals surface area contributed by atoms with E-state index in [4.69, 9.17) is 0 Å². The summed E-state index contributed by atoms with van der Waals surface area (Å²) < 4.78 is 0. The zero-order chi connectivity index (χ0) is 11.2. The summed E-state index contributed by atoms with van der Waals surface area (Å²) in [5.74, 6) is 0. The lowest BCUT2D eigenvalue weighted by molar-refractivity contribution is 0.550. The van der Waals surface area contributed by atoms with Gasteiger partial charge in [0.25, 0.3) is 0 Å². The Hall–Kier alpha value is -0.0400. The molecule has 0 aliphatic heterocycles. The second-order valence-electron chi connectivity index (χ2n) is 4.43. The molecular weight excluding hydrogens is 182 g/mol. The Morgan fingerprint density at radius 1 is 0.733 bits per heavy atom. The first-order valence-electron chi connectivity index (χ1n) is 6.91. The molecule has 0 aromatic heterocycles. The number of nitrogens with one attached hydrogen (secondary N) is 1. The normalized spacial score (nSPS) is 10.8. The maximum Gasteiger partial charge on any atom is -0.00489 e. The summed E-state index contributed by atoms with van der Waals surface area (Å²) in [6.45, 7) is 8.35. The van der Waals surface area contributed by atoms with Crippen LogP contribution in [-0.2, 0) is 0 Å². The third-order valence-corrected chi connectivity index (χ3v) is 2.81. The van der Waals surface area contributed by atoms with Gasteiger partial charge in [-0.3, -0.25) is 0 Å². The summed E-state index contributed by atoms with van der Waals surface area (Å²) in [4.78, 5) is 0. The van der Waals surface area contributed by atoms with Gasteiger partial charge in [-0.2, -0.15) is 0 Å². The number of rotatable bonds is 12. The lowest BCUT2D eigenvalue weighted by atomic mass is 10.1. The molecule has 0 rings (SSSR count). The van der Waals surface area contributed by atoms with Gasteiger partial charge in [0.2, 0.25) is 0 Å². The molecule has 1 N–H and O–H groups in total. The molecule has 0 unspecified atom stereocenters. The van der Waals surface area contributed by atoms with E-state index >= 15 is 0 Å². The topological polar surface area (TPSA) is 12.0 Å². The summed E-state index contributed by atoms with van der Waals surface area (Å²) in [5.41, 5.74) is 0. The second-order valence-corrected chi connectivity index (χ2v) is 4.43. The van der Waals surface area contributed by atoms with Crippen molar-refractivity contribution in [3.63, 3.8) is 0 Å². The Kier molecular flexibility index (Phi) is 13.9. The van der Waals surface area contributed by atoms with Crippen molar-refractivity contribution in [3.8, 4) is 0 Å². The Morgan fingerprint density at radius 2 is 1.27 bits per heavy atom. The van der Waals surface area contributed by atoms with E-state index in [9.17, 15) is 0 Å². The van der Waals surface area contributed by atoms with Gasteiger partial charge < -0.3 is 5.32 Å². The summed E-state index contributed by atoms with van der Waals surface area (Å²) in [5, 5.41) is 3.39. The molecule has 0 heterocycles. The van der Waals surface area contributed by atoms with Crippen LogP contribution in [0.5, 0.6) is 0 Å². The van der Waals surface area contributed by atoms with Crippen molar-refractivity contribution in [2.45, 2.75) is 71.1 Å². The van der Waals surface area contributed by atoms with Crippen LogP contribution in [0.1, 0.15) is 71.1 Å². The van der Waals surface area contributed by atoms with Gasteiger partial charge in [-0.15, -0.1) is 0 Å². The Morgan fingerprint density at radius 3 is 1.80 bits per heavy atom. The van der Waals surface area contributed by atoms with Crippen LogP contribution < -0.4 is 5.32 Å². The minimum absolute atomic E-state index is 1.01. The number of unbranched alkanes of at least 4 members (excludes halogenated alkanes) is 8. The maximum absolute atomic E-state index is 3.81. The predicted octanol–water partition coefficient (Wildman–Crippen LogP) is 4.33. The van der Waals surface area contributed by atoms with E-state index in [-0.39, 0.29) is 0 Å². The molecule has 0 atom stereocenters. The molecule has 0 aromatic carbocycles. The van der Waals surface area contributed by atoms with Crippen LogP contribution in [-0.4, -0.2) is 13.1 Å². The lowest BCUT2D eigenvalue weighted by Crippen LogP contribution is -2.15. The zero-order valence-electron chi connectivity index (χ0n) is 10.7. The molecular formula is C14H30N.